The number of carbonyl (C=O) groups excluding carboxylic acids is 2. The van der Waals surface area contributed by atoms with Gasteiger partial charge < -0.3 is 15.1 Å². The van der Waals surface area contributed by atoms with Crippen molar-refractivity contribution >= 4 is 17.5 Å². The lowest BCUT2D eigenvalue weighted by atomic mass is 10.0. The Hall–Kier alpha value is -2.74. The summed E-state index contributed by atoms with van der Waals surface area (Å²) in [6.45, 7) is 4.18. The van der Waals surface area contributed by atoms with Crippen LogP contribution in [0.3, 0.4) is 0 Å². The SMILES string of the molecule is O=C(Nc1cnn(CC(=O)N2CCCCC2CN2CCCC2)c1)c1ccc(F)cc1. The molecule has 0 bridgehead atoms. The number of likely N-dealkylation sites (tertiary alicyclic amines) is 2. The molecule has 160 valence electrons. The summed E-state index contributed by atoms with van der Waals surface area (Å²) < 4.78 is 14.6. The molecule has 0 spiro atoms. The van der Waals surface area contributed by atoms with E-state index in [0.717, 1.165) is 39.0 Å². The summed E-state index contributed by atoms with van der Waals surface area (Å²) in [5.41, 5.74) is 0.864. The number of anilines is 1. The molecule has 4 rings (SSSR count). The van der Waals surface area contributed by atoms with E-state index in [1.807, 2.05) is 4.90 Å². The molecule has 2 amide bonds. The molecule has 2 aliphatic heterocycles. The Morgan fingerprint density at radius 1 is 1.07 bits per heavy atom. The molecule has 1 aromatic carbocycles. The number of nitrogens with one attached hydrogen (secondary N) is 1. The van der Waals surface area contributed by atoms with Crippen LogP contribution in [0.2, 0.25) is 0 Å². The lowest BCUT2D eigenvalue weighted by Crippen LogP contribution is -2.50. The molecule has 1 N–H and O–H groups in total. The number of hydrogen-bond acceptors (Lipinski definition) is 4. The Kier molecular flexibility index (Phi) is 6.42. The highest BCUT2D eigenvalue weighted by Gasteiger charge is 2.29. The maximum Gasteiger partial charge on any atom is 0.255 e. The van der Waals surface area contributed by atoms with E-state index in [0.29, 0.717) is 11.3 Å². The standard InChI is InChI=1S/C22H28FN5O2/c23-18-8-6-17(7-9-18)22(30)25-19-13-24-27(14-19)16-21(29)28-12-2-1-5-20(28)15-26-10-3-4-11-26/h6-9,13-14,20H,1-5,10-12,15-16H2,(H,25,30). The second-order valence-electron chi connectivity index (χ2n) is 8.13. The van der Waals surface area contributed by atoms with Crippen LogP contribution in [0.15, 0.2) is 36.7 Å². The summed E-state index contributed by atoms with van der Waals surface area (Å²) in [6.07, 6.45) is 8.94. The zero-order valence-corrected chi connectivity index (χ0v) is 17.1. The highest BCUT2D eigenvalue weighted by molar-refractivity contribution is 6.04. The lowest BCUT2D eigenvalue weighted by molar-refractivity contribution is -0.136. The Morgan fingerprint density at radius 3 is 2.57 bits per heavy atom. The number of halogens is 1. The first-order valence-electron chi connectivity index (χ1n) is 10.7. The van der Waals surface area contributed by atoms with Crippen LogP contribution >= 0.6 is 0 Å². The monoisotopic (exact) mass is 413 g/mol. The van der Waals surface area contributed by atoms with E-state index in [1.165, 1.54) is 49.7 Å². The summed E-state index contributed by atoms with van der Waals surface area (Å²) in [4.78, 5) is 29.7. The van der Waals surface area contributed by atoms with E-state index in [4.69, 9.17) is 0 Å². The van der Waals surface area contributed by atoms with Gasteiger partial charge in [-0.25, -0.2) is 4.39 Å². The number of rotatable bonds is 6. The topological polar surface area (TPSA) is 70.5 Å². The molecule has 0 radical (unpaired) electrons. The molecule has 7 nitrogen and oxygen atoms in total. The predicted molar refractivity (Wildman–Crippen MR) is 112 cm³/mol. The third kappa shape index (κ3) is 5.05. The van der Waals surface area contributed by atoms with Gasteiger partial charge in [0.05, 0.1) is 11.9 Å². The van der Waals surface area contributed by atoms with Gasteiger partial charge in [-0.1, -0.05) is 0 Å². The minimum absolute atomic E-state index is 0.0680. The number of hydrogen-bond donors (Lipinski definition) is 1. The molecule has 1 aromatic heterocycles. The number of aromatic nitrogens is 2. The number of carbonyl (C=O) groups is 2. The fraction of sp³-hybridized carbons (Fsp3) is 0.500. The van der Waals surface area contributed by atoms with Crippen LogP contribution in [-0.2, 0) is 11.3 Å². The third-order valence-electron chi connectivity index (χ3n) is 5.91. The van der Waals surface area contributed by atoms with Crippen LogP contribution in [0.25, 0.3) is 0 Å². The zero-order chi connectivity index (χ0) is 20.9. The predicted octanol–water partition coefficient (Wildman–Crippen LogP) is 2.75. The van der Waals surface area contributed by atoms with Crippen molar-refractivity contribution in [1.82, 2.24) is 19.6 Å². The highest BCUT2D eigenvalue weighted by Crippen LogP contribution is 2.21. The largest absolute Gasteiger partial charge is 0.337 e. The van der Waals surface area contributed by atoms with Gasteiger partial charge in [0.25, 0.3) is 5.91 Å². The number of piperidine rings is 1. The quantitative estimate of drug-likeness (QED) is 0.791. The molecular weight excluding hydrogens is 385 g/mol. The summed E-state index contributed by atoms with van der Waals surface area (Å²) in [5, 5.41) is 6.96. The molecule has 0 aliphatic carbocycles. The van der Waals surface area contributed by atoms with Crippen molar-refractivity contribution in [1.29, 1.82) is 0 Å². The first kappa shape index (κ1) is 20.5. The van der Waals surface area contributed by atoms with Crippen LogP contribution in [0.5, 0.6) is 0 Å². The van der Waals surface area contributed by atoms with E-state index < -0.39 is 5.82 Å². The maximum absolute atomic E-state index is 13.0. The van der Waals surface area contributed by atoms with Gasteiger partial charge in [-0.15, -0.1) is 0 Å². The first-order chi connectivity index (χ1) is 14.6. The maximum atomic E-state index is 13.0. The van der Waals surface area contributed by atoms with Gasteiger partial charge in [0, 0.05) is 30.9 Å². The zero-order valence-electron chi connectivity index (χ0n) is 17.1. The number of nitrogens with zero attached hydrogens (tertiary/aromatic N) is 4. The van der Waals surface area contributed by atoms with E-state index in [2.05, 4.69) is 15.3 Å². The fourth-order valence-electron chi connectivity index (χ4n) is 4.33. The minimum atomic E-state index is -0.390. The highest BCUT2D eigenvalue weighted by atomic mass is 19.1. The molecular formula is C22H28FN5O2. The number of benzene rings is 1. The fourth-order valence-corrected chi connectivity index (χ4v) is 4.33. The molecule has 2 saturated heterocycles. The summed E-state index contributed by atoms with van der Waals surface area (Å²) in [6, 6.07) is 5.62. The molecule has 3 heterocycles. The molecule has 0 saturated carbocycles. The van der Waals surface area contributed by atoms with E-state index >= 15 is 0 Å². The van der Waals surface area contributed by atoms with Crippen molar-refractivity contribution in [2.24, 2.45) is 0 Å². The Morgan fingerprint density at radius 2 is 1.80 bits per heavy atom. The molecule has 8 heteroatoms. The molecule has 30 heavy (non-hydrogen) atoms. The van der Waals surface area contributed by atoms with Gasteiger partial charge in [-0.2, -0.15) is 5.10 Å². The molecule has 2 aromatic rings. The van der Waals surface area contributed by atoms with Gasteiger partial charge in [0.15, 0.2) is 0 Å². The normalized spacial score (nSPS) is 19.8. The summed E-state index contributed by atoms with van der Waals surface area (Å²) >= 11 is 0. The second kappa shape index (κ2) is 9.38. The second-order valence-corrected chi connectivity index (χ2v) is 8.13. The van der Waals surface area contributed by atoms with Gasteiger partial charge in [-0.05, 0) is 69.5 Å². The van der Waals surface area contributed by atoms with Crippen molar-refractivity contribution in [2.45, 2.75) is 44.7 Å². The van der Waals surface area contributed by atoms with Crippen molar-refractivity contribution in [3.8, 4) is 0 Å². The van der Waals surface area contributed by atoms with Crippen LogP contribution in [0.1, 0.15) is 42.5 Å². The molecule has 2 fully saturated rings. The smallest absolute Gasteiger partial charge is 0.255 e. The first-order valence-corrected chi connectivity index (χ1v) is 10.7. The van der Waals surface area contributed by atoms with E-state index in [1.54, 1.807) is 10.9 Å². The average Bonchev–Trinajstić information content (AvgIpc) is 3.41. The summed E-state index contributed by atoms with van der Waals surface area (Å²) in [5.74, 6) is -0.667. The van der Waals surface area contributed by atoms with Gasteiger partial charge in [0.1, 0.15) is 12.4 Å². The minimum Gasteiger partial charge on any atom is -0.337 e. The van der Waals surface area contributed by atoms with Gasteiger partial charge >= 0.3 is 0 Å². The Balaban J connectivity index is 1.34. The van der Waals surface area contributed by atoms with Gasteiger partial charge in [0.2, 0.25) is 5.91 Å². The Bertz CT molecular complexity index is 876. The van der Waals surface area contributed by atoms with Gasteiger partial charge in [-0.3, -0.25) is 14.3 Å². The van der Waals surface area contributed by atoms with Crippen molar-refractivity contribution in [2.75, 3.05) is 31.5 Å². The van der Waals surface area contributed by atoms with Crippen molar-refractivity contribution < 1.29 is 14.0 Å². The molecule has 1 atom stereocenters. The average molecular weight is 413 g/mol. The lowest BCUT2D eigenvalue weighted by Gasteiger charge is -2.38. The van der Waals surface area contributed by atoms with Crippen molar-refractivity contribution in [3.63, 3.8) is 0 Å². The van der Waals surface area contributed by atoms with E-state index in [9.17, 15) is 14.0 Å². The van der Waals surface area contributed by atoms with Crippen LogP contribution in [0, 0.1) is 5.82 Å². The van der Waals surface area contributed by atoms with Crippen LogP contribution < -0.4 is 5.32 Å². The van der Waals surface area contributed by atoms with Crippen LogP contribution in [0.4, 0.5) is 10.1 Å². The Labute approximate surface area is 175 Å². The third-order valence-corrected chi connectivity index (χ3v) is 5.91. The summed E-state index contributed by atoms with van der Waals surface area (Å²) in [7, 11) is 0. The van der Waals surface area contributed by atoms with Crippen LogP contribution in [-0.4, -0.2) is 63.6 Å². The molecule has 1 unspecified atom stereocenters. The van der Waals surface area contributed by atoms with Crippen molar-refractivity contribution in [3.05, 3.63) is 48.0 Å². The number of amides is 2. The molecule has 2 aliphatic rings. The van der Waals surface area contributed by atoms with E-state index in [-0.39, 0.29) is 24.4 Å².